The molecule has 19 heavy (non-hydrogen) atoms. The number of hydrogen-bond acceptors (Lipinski definition) is 2. The Morgan fingerprint density at radius 3 is 2.63 bits per heavy atom. The second kappa shape index (κ2) is 5.96. The van der Waals surface area contributed by atoms with Crippen molar-refractivity contribution in [2.24, 2.45) is 23.5 Å². The first-order chi connectivity index (χ1) is 8.97. The third kappa shape index (κ3) is 3.50. The molecule has 0 aliphatic heterocycles. The topological polar surface area (TPSA) is 29.3 Å². The Kier molecular flexibility index (Phi) is 4.51. The van der Waals surface area contributed by atoms with Gasteiger partial charge in [0.25, 0.3) is 0 Å². The lowest BCUT2D eigenvalue weighted by Crippen LogP contribution is -2.46. The molecule has 1 aromatic carbocycles. The van der Waals surface area contributed by atoms with Gasteiger partial charge in [-0.1, -0.05) is 26.0 Å². The van der Waals surface area contributed by atoms with Gasteiger partial charge in [0.2, 0.25) is 0 Å². The van der Waals surface area contributed by atoms with Gasteiger partial charge in [0.15, 0.2) is 0 Å². The molecule has 0 heterocycles. The standard InChI is InChI=1S/C17H28N2/c1-12-6-5-7-15(9-12)19(4)11-16-14(3)8-13(2)10-17(16)18/h5-7,9,13-14,16-17H,8,10-11,18H2,1-4H3. The van der Waals surface area contributed by atoms with Crippen molar-refractivity contribution in [3.8, 4) is 0 Å². The van der Waals surface area contributed by atoms with Crippen molar-refractivity contribution in [2.75, 3.05) is 18.5 Å². The summed E-state index contributed by atoms with van der Waals surface area (Å²) in [4.78, 5) is 2.37. The maximum Gasteiger partial charge on any atom is 0.0366 e. The van der Waals surface area contributed by atoms with Crippen molar-refractivity contribution in [1.82, 2.24) is 0 Å². The molecule has 2 N–H and O–H groups in total. The van der Waals surface area contributed by atoms with Crippen molar-refractivity contribution < 1.29 is 0 Å². The van der Waals surface area contributed by atoms with E-state index in [1.54, 1.807) is 0 Å². The molecule has 0 bridgehead atoms. The molecule has 1 aliphatic carbocycles. The van der Waals surface area contributed by atoms with Crippen LogP contribution in [0.3, 0.4) is 0 Å². The fourth-order valence-electron chi connectivity index (χ4n) is 3.57. The van der Waals surface area contributed by atoms with Gasteiger partial charge in [-0.05, 0) is 55.2 Å². The number of benzene rings is 1. The monoisotopic (exact) mass is 260 g/mol. The molecule has 0 spiro atoms. The molecule has 4 atom stereocenters. The highest BCUT2D eigenvalue weighted by Crippen LogP contribution is 2.33. The zero-order chi connectivity index (χ0) is 14.0. The highest BCUT2D eigenvalue weighted by Gasteiger charge is 2.32. The van der Waals surface area contributed by atoms with Crippen LogP contribution < -0.4 is 10.6 Å². The summed E-state index contributed by atoms with van der Waals surface area (Å²) in [7, 11) is 2.19. The molecule has 2 heteroatoms. The maximum absolute atomic E-state index is 6.39. The Hall–Kier alpha value is -1.02. The van der Waals surface area contributed by atoms with Crippen LogP contribution in [0.2, 0.25) is 0 Å². The molecular weight excluding hydrogens is 232 g/mol. The van der Waals surface area contributed by atoms with E-state index < -0.39 is 0 Å². The summed E-state index contributed by atoms with van der Waals surface area (Å²) in [6.07, 6.45) is 2.50. The average Bonchev–Trinajstić information content (AvgIpc) is 2.33. The minimum absolute atomic E-state index is 0.353. The van der Waals surface area contributed by atoms with E-state index >= 15 is 0 Å². The minimum atomic E-state index is 0.353. The zero-order valence-electron chi connectivity index (χ0n) is 12.8. The maximum atomic E-state index is 6.39. The predicted octanol–water partition coefficient (Wildman–Crippen LogP) is 3.44. The van der Waals surface area contributed by atoms with Gasteiger partial charge in [0, 0.05) is 25.3 Å². The number of aryl methyl sites for hydroxylation is 1. The van der Waals surface area contributed by atoms with Crippen LogP contribution in [-0.4, -0.2) is 19.6 Å². The first-order valence-electron chi connectivity index (χ1n) is 7.50. The Balaban J connectivity index is 2.03. The van der Waals surface area contributed by atoms with Crippen molar-refractivity contribution >= 4 is 5.69 Å². The normalized spacial score (nSPS) is 31.2. The second-order valence-corrected chi connectivity index (χ2v) is 6.60. The van der Waals surface area contributed by atoms with Crippen molar-refractivity contribution in [2.45, 2.75) is 39.7 Å². The highest BCUT2D eigenvalue weighted by molar-refractivity contribution is 5.47. The quantitative estimate of drug-likeness (QED) is 0.902. The first-order valence-corrected chi connectivity index (χ1v) is 7.50. The number of nitrogens with zero attached hydrogens (tertiary/aromatic N) is 1. The third-order valence-electron chi connectivity index (χ3n) is 4.66. The molecule has 1 saturated carbocycles. The van der Waals surface area contributed by atoms with Gasteiger partial charge in [-0.15, -0.1) is 0 Å². The Labute approximate surface area is 118 Å². The Bertz CT molecular complexity index is 403. The minimum Gasteiger partial charge on any atom is -0.374 e. The summed E-state index contributed by atoms with van der Waals surface area (Å²) in [5, 5.41) is 0. The lowest BCUT2D eigenvalue weighted by atomic mass is 9.72. The molecule has 106 valence electrons. The first kappa shape index (κ1) is 14.4. The van der Waals surface area contributed by atoms with E-state index in [0.717, 1.165) is 18.4 Å². The molecular formula is C17H28N2. The van der Waals surface area contributed by atoms with Gasteiger partial charge in [-0.2, -0.15) is 0 Å². The molecule has 0 radical (unpaired) electrons. The van der Waals surface area contributed by atoms with E-state index in [1.807, 2.05) is 0 Å². The number of hydrogen-bond donors (Lipinski definition) is 1. The molecule has 0 aromatic heterocycles. The zero-order valence-corrected chi connectivity index (χ0v) is 12.8. The SMILES string of the molecule is Cc1cccc(N(C)CC2C(C)CC(C)CC2N)c1. The van der Waals surface area contributed by atoms with Crippen LogP contribution in [0.5, 0.6) is 0 Å². The summed E-state index contributed by atoms with van der Waals surface area (Å²) in [5.74, 6) is 2.12. The molecule has 0 amide bonds. The van der Waals surface area contributed by atoms with Crippen LogP contribution >= 0.6 is 0 Å². The molecule has 4 unspecified atom stereocenters. The summed E-state index contributed by atoms with van der Waals surface area (Å²) >= 11 is 0. The van der Waals surface area contributed by atoms with Crippen LogP contribution in [0.4, 0.5) is 5.69 Å². The predicted molar refractivity (Wildman–Crippen MR) is 83.5 cm³/mol. The molecule has 0 saturated heterocycles. The smallest absolute Gasteiger partial charge is 0.0366 e. The fourth-order valence-corrected chi connectivity index (χ4v) is 3.57. The molecule has 2 rings (SSSR count). The lowest BCUT2D eigenvalue weighted by Gasteiger charge is -2.40. The second-order valence-electron chi connectivity index (χ2n) is 6.60. The van der Waals surface area contributed by atoms with Crippen LogP contribution in [-0.2, 0) is 0 Å². The number of nitrogens with two attached hydrogens (primary N) is 1. The van der Waals surface area contributed by atoms with E-state index in [2.05, 4.69) is 57.0 Å². The summed E-state index contributed by atoms with van der Waals surface area (Å²) in [5.41, 5.74) is 9.01. The number of anilines is 1. The van der Waals surface area contributed by atoms with Gasteiger partial charge in [0.05, 0.1) is 0 Å². The third-order valence-corrected chi connectivity index (χ3v) is 4.66. The van der Waals surface area contributed by atoms with E-state index in [1.165, 1.54) is 24.1 Å². The van der Waals surface area contributed by atoms with Crippen LogP contribution in [0, 0.1) is 24.7 Å². The van der Waals surface area contributed by atoms with Crippen LogP contribution in [0.25, 0.3) is 0 Å². The Morgan fingerprint density at radius 1 is 1.26 bits per heavy atom. The average molecular weight is 260 g/mol. The highest BCUT2D eigenvalue weighted by atomic mass is 15.1. The van der Waals surface area contributed by atoms with Gasteiger partial charge < -0.3 is 10.6 Å². The van der Waals surface area contributed by atoms with E-state index in [9.17, 15) is 0 Å². The van der Waals surface area contributed by atoms with Crippen molar-refractivity contribution in [3.63, 3.8) is 0 Å². The lowest BCUT2D eigenvalue weighted by molar-refractivity contribution is 0.178. The van der Waals surface area contributed by atoms with E-state index in [0.29, 0.717) is 12.0 Å². The Morgan fingerprint density at radius 2 is 2.00 bits per heavy atom. The molecule has 2 nitrogen and oxygen atoms in total. The molecule has 1 fully saturated rings. The van der Waals surface area contributed by atoms with Gasteiger partial charge >= 0.3 is 0 Å². The largest absolute Gasteiger partial charge is 0.374 e. The van der Waals surface area contributed by atoms with Crippen molar-refractivity contribution in [3.05, 3.63) is 29.8 Å². The summed E-state index contributed by atoms with van der Waals surface area (Å²) in [6, 6.07) is 9.07. The molecule has 1 aromatic rings. The number of rotatable bonds is 3. The fraction of sp³-hybridized carbons (Fsp3) is 0.647. The van der Waals surface area contributed by atoms with E-state index in [4.69, 9.17) is 5.73 Å². The van der Waals surface area contributed by atoms with E-state index in [-0.39, 0.29) is 0 Å². The summed E-state index contributed by atoms with van der Waals surface area (Å²) < 4.78 is 0. The van der Waals surface area contributed by atoms with Crippen LogP contribution in [0.15, 0.2) is 24.3 Å². The summed E-state index contributed by atoms with van der Waals surface area (Å²) in [6.45, 7) is 7.91. The van der Waals surface area contributed by atoms with Crippen LogP contribution in [0.1, 0.15) is 32.3 Å². The van der Waals surface area contributed by atoms with Gasteiger partial charge in [-0.3, -0.25) is 0 Å². The van der Waals surface area contributed by atoms with Gasteiger partial charge in [0.1, 0.15) is 0 Å². The van der Waals surface area contributed by atoms with Crippen molar-refractivity contribution in [1.29, 1.82) is 0 Å². The van der Waals surface area contributed by atoms with Gasteiger partial charge in [-0.25, -0.2) is 0 Å². The molecule has 1 aliphatic rings.